The predicted molar refractivity (Wildman–Crippen MR) is 96.5 cm³/mol. The van der Waals surface area contributed by atoms with E-state index < -0.39 is 10.0 Å². The number of rotatable bonds is 3. The molecule has 0 saturated carbocycles. The molecule has 26 heavy (non-hydrogen) atoms. The number of fused-ring (bicyclic) bond motifs is 2. The summed E-state index contributed by atoms with van der Waals surface area (Å²) in [6, 6.07) is 7.37. The van der Waals surface area contributed by atoms with Crippen LogP contribution in [0, 0.1) is 0 Å². The number of carbonyl (C=O) groups is 1. The Bertz CT molecular complexity index is 776. The highest BCUT2D eigenvalue weighted by Crippen LogP contribution is 2.25. The second-order valence-corrected chi connectivity index (χ2v) is 9.10. The van der Waals surface area contributed by atoms with Gasteiger partial charge >= 0.3 is 0 Å². The van der Waals surface area contributed by atoms with Crippen LogP contribution in [-0.2, 0) is 14.8 Å². The van der Waals surface area contributed by atoms with Crippen molar-refractivity contribution >= 4 is 15.9 Å². The summed E-state index contributed by atoms with van der Waals surface area (Å²) in [6.45, 7) is 2.72. The number of ether oxygens (including phenoxy) is 1. The third-order valence-electron chi connectivity index (χ3n) is 5.52. The topological polar surface area (TPSA) is 79.0 Å². The normalized spacial score (nSPS) is 27.3. The summed E-state index contributed by atoms with van der Waals surface area (Å²) >= 11 is 0. The van der Waals surface area contributed by atoms with Gasteiger partial charge in [-0.3, -0.25) is 4.79 Å². The first-order valence-corrected chi connectivity index (χ1v) is 10.7. The van der Waals surface area contributed by atoms with E-state index in [-0.39, 0.29) is 16.4 Å². The van der Waals surface area contributed by atoms with Crippen molar-refractivity contribution in [2.45, 2.75) is 36.2 Å². The van der Waals surface area contributed by atoms with E-state index in [1.54, 1.807) is 24.3 Å². The van der Waals surface area contributed by atoms with Crippen molar-refractivity contribution in [2.24, 2.45) is 0 Å². The van der Waals surface area contributed by atoms with Crippen LogP contribution in [0.3, 0.4) is 0 Å². The molecule has 1 amide bonds. The van der Waals surface area contributed by atoms with Gasteiger partial charge in [-0.1, -0.05) is 12.1 Å². The minimum atomic E-state index is -3.71. The molecule has 2 atom stereocenters. The molecule has 3 aliphatic rings. The summed E-state index contributed by atoms with van der Waals surface area (Å²) in [5.74, 6) is -0.188. The van der Waals surface area contributed by atoms with Crippen molar-refractivity contribution in [2.75, 3.05) is 39.4 Å². The van der Waals surface area contributed by atoms with E-state index >= 15 is 0 Å². The summed E-state index contributed by atoms with van der Waals surface area (Å²) in [5, 5.41) is 3.55. The molecule has 4 rings (SSSR count). The van der Waals surface area contributed by atoms with E-state index in [0.717, 1.165) is 19.3 Å². The Hall–Kier alpha value is -1.48. The maximum atomic E-state index is 13.2. The van der Waals surface area contributed by atoms with Crippen LogP contribution in [0.5, 0.6) is 0 Å². The molecule has 3 aliphatic heterocycles. The first-order chi connectivity index (χ1) is 12.6. The number of nitrogens with one attached hydrogen (secondary N) is 1. The lowest BCUT2D eigenvalue weighted by Gasteiger charge is -2.28. The molecule has 2 bridgehead atoms. The van der Waals surface area contributed by atoms with Gasteiger partial charge in [0, 0.05) is 38.3 Å². The molecule has 3 fully saturated rings. The second kappa shape index (κ2) is 7.26. The molecule has 0 aromatic heterocycles. The maximum Gasteiger partial charge on any atom is 0.255 e. The van der Waals surface area contributed by atoms with Crippen molar-refractivity contribution in [3.63, 3.8) is 0 Å². The van der Waals surface area contributed by atoms with E-state index in [1.807, 2.05) is 4.90 Å². The first-order valence-electron chi connectivity index (χ1n) is 9.28. The van der Waals surface area contributed by atoms with Gasteiger partial charge in [0.2, 0.25) is 10.0 Å². The van der Waals surface area contributed by atoms with Crippen LogP contribution in [0.25, 0.3) is 0 Å². The van der Waals surface area contributed by atoms with Crippen LogP contribution in [0.1, 0.15) is 29.6 Å². The molecule has 3 heterocycles. The maximum absolute atomic E-state index is 13.2. The largest absolute Gasteiger partial charge is 0.379 e. The van der Waals surface area contributed by atoms with Gasteiger partial charge in [-0.15, -0.1) is 0 Å². The van der Waals surface area contributed by atoms with Crippen LogP contribution >= 0.6 is 0 Å². The van der Waals surface area contributed by atoms with Gasteiger partial charge in [-0.2, -0.15) is 4.31 Å². The van der Waals surface area contributed by atoms with E-state index in [2.05, 4.69) is 5.32 Å². The second-order valence-electron chi connectivity index (χ2n) is 7.19. The van der Waals surface area contributed by atoms with Gasteiger partial charge in [0.25, 0.3) is 5.91 Å². The first kappa shape index (κ1) is 17.9. The van der Waals surface area contributed by atoms with Crippen molar-refractivity contribution in [3.05, 3.63) is 29.8 Å². The molecule has 142 valence electrons. The Balaban J connectivity index is 1.62. The van der Waals surface area contributed by atoms with Crippen LogP contribution in [0.2, 0.25) is 0 Å². The van der Waals surface area contributed by atoms with E-state index in [4.69, 9.17) is 4.74 Å². The Morgan fingerprint density at radius 3 is 2.58 bits per heavy atom. The standard InChI is InChI=1S/C18H25N3O4S/c22-18(20-8-7-14-5-6-15(13-20)19-14)16-3-1-2-4-17(16)26(23,24)21-9-11-25-12-10-21/h1-4,14-15,19H,5-13H2. The van der Waals surface area contributed by atoms with E-state index in [9.17, 15) is 13.2 Å². The smallest absolute Gasteiger partial charge is 0.255 e. The number of amides is 1. The summed E-state index contributed by atoms with van der Waals surface area (Å²) in [5.41, 5.74) is 0.275. The molecule has 0 radical (unpaired) electrons. The Morgan fingerprint density at radius 1 is 1.04 bits per heavy atom. The zero-order valence-electron chi connectivity index (χ0n) is 14.8. The number of likely N-dealkylation sites (tertiary alicyclic amines) is 1. The molecule has 1 N–H and O–H groups in total. The number of sulfonamides is 1. The van der Waals surface area contributed by atoms with Crippen LogP contribution in [0.4, 0.5) is 0 Å². The molecule has 7 nitrogen and oxygen atoms in total. The highest BCUT2D eigenvalue weighted by molar-refractivity contribution is 7.89. The average Bonchev–Trinajstić information content (AvgIpc) is 3.00. The molecule has 2 unspecified atom stereocenters. The fourth-order valence-corrected chi connectivity index (χ4v) is 5.68. The SMILES string of the molecule is O=C(c1ccccc1S(=O)(=O)N1CCOCC1)N1CCC2CCC(C1)N2. The molecule has 0 spiro atoms. The molecular formula is C18H25N3O4S. The monoisotopic (exact) mass is 379 g/mol. The Kier molecular flexibility index (Phi) is 5.00. The average molecular weight is 379 g/mol. The van der Waals surface area contributed by atoms with Gasteiger partial charge in [0.1, 0.15) is 0 Å². The number of hydrogen-bond acceptors (Lipinski definition) is 5. The zero-order chi connectivity index (χ0) is 18.1. The summed E-state index contributed by atoms with van der Waals surface area (Å²) in [6.07, 6.45) is 3.15. The van der Waals surface area contributed by atoms with E-state index in [1.165, 1.54) is 4.31 Å². The Morgan fingerprint density at radius 2 is 1.77 bits per heavy atom. The van der Waals surface area contributed by atoms with Crippen LogP contribution < -0.4 is 5.32 Å². The highest BCUT2D eigenvalue weighted by atomic mass is 32.2. The van der Waals surface area contributed by atoms with Crippen molar-refractivity contribution < 1.29 is 17.9 Å². The molecule has 8 heteroatoms. The summed E-state index contributed by atoms with van der Waals surface area (Å²) in [4.78, 5) is 15.1. The molecule has 0 aliphatic carbocycles. The number of carbonyl (C=O) groups excluding carboxylic acids is 1. The van der Waals surface area contributed by atoms with Crippen molar-refractivity contribution in [1.29, 1.82) is 0 Å². The third-order valence-corrected chi connectivity index (χ3v) is 7.47. The van der Waals surface area contributed by atoms with Crippen LogP contribution in [0.15, 0.2) is 29.2 Å². The molecule has 1 aromatic carbocycles. The summed E-state index contributed by atoms with van der Waals surface area (Å²) in [7, 11) is -3.71. The fraction of sp³-hybridized carbons (Fsp3) is 0.611. The predicted octanol–water partition coefficient (Wildman–Crippen LogP) is 0.674. The Labute approximate surface area is 154 Å². The van der Waals surface area contributed by atoms with Crippen LogP contribution in [-0.4, -0.2) is 75.0 Å². The highest BCUT2D eigenvalue weighted by Gasteiger charge is 2.34. The number of morpholine rings is 1. The summed E-state index contributed by atoms with van der Waals surface area (Å²) < 4.78 is 32.8. The third kappa shape index (κ3) is 3.38. The van der Waals surface area contributed by atoms with E-state index in [0.29, 0.717) is 51.5 Å². The van der Waals surface area contributed by atoms with Gasteiger partial charge in [-0.05, 0) is 31.4 Å². The van der Waals surface area contributed by atoms with Gasteiger partial charge in [0.15, 0.2) is 0 Å². The molecular weight excluding hydrogens is 354 g/mol. The zero-order valence-corrected chi connectivity index (χ0v) is 15.6. The van der Waals surface area contributed by atoms with Crippen molar-refractivity contribution in [3.8, 4) is 0 Å². The lowest BCUT2D eigenvalue weighted by molar-refractivity contribution is 0.0723. The minimum Gasteiger partial charge on any atom is -0.379 e. The van der Waals surface area contributed by atoms with Crippen molar-refractivity contribution in [1.82, 2.24) is 14.5 Å². The molecule has 1 aromatic rings. The number of hydrogen-bond donors (Lipinski definition) is 1. The van der Waals surface area contributed by atoms with Gasteiger partial charge in [0.05, 0.1) is 23.7 Å². The lowest BCUT2D eigenvalue weighted by atomic mass is 10.1. The minimum absolute atomic E-state index is 0.106. The quantitative estimate of drug-likeness (QED) is 0.835. The fourth-order valence-electron chi connectivity index (χ4n) is 4.09. The molecule has 3 saturated heterocycles. The number of benzene rings is 1. The number of nitrogens with zero attached hydrogens (tertiary/aromatic N) is 2. The van der Waals surface area contributed by atoms with Gasteiger partial charge in [-0.25, -0.2) is 8.42 Å². The lowest BCUT2D eigenvalue weighted by Crippen LogP contribution is -2.42. The van der Waals surface area contributed by atoms with Gasteiger partial charge < -0.3 is 15.0 Å².